The monoisotopic (exact) mass is 430 g/mol. The second-order valence-corrected chi connectivity index (χ2v) is 9.66. The molecule has 5 heteroatoms. The number of allylic oxidation sites excluding steroid dienone is 4. The van der Waals surface area contributed by atoms with Gasteiger partial charge in [-0.3, -0.25) is 9.59 Å². The summed E-state index contributed by atoms with van der Waals surface area (Å²) in [6.07, 6.45) is 16.2. The first-order chi connectivity index (χ1) is 14.6. The smallest absolute Gasteiger partial charge is 0.178 e. The molecule has 6 unspecified atom stereocenters. The van der Waals surface area contributed by atoms with Crippen molar-refractivity contribution in [2.45, 2.75) is 77.9 Å². The maximum atomic E-state index is 11.9. The first-order valence-electron chi connectivity index (χ1n) is 11.5. The van der Waals surface area contributed by atoms with Crippen LogP contribution in [0.25, 0.3) is 0 Å². The number of rotatable bonds is 3. The molecule has 0 bridgehead atoms. The first-order valence-corrected chi connectivity index (χ1v) is 11.5. The molecule has 4 rings (SSSR count). The maximum Gasteiger partial charge on any atom is 0.178 e. The van der Waals surface area contributed by atoms with Crippen LogP contribution in [0.4, 0.5) is 0 Å². The van der Waals surface area contributed by atoms with Crippen molar-refractivity contribution in [3.8, 4) is 12.8 Å². The summed E-state index contributed by atoms with van der Waals surface area (Å²) in [7, 11) is 0. The number of carbonyl (C=O) groups is 2. The fourth-order valence-corrected chi connectivity index (χ4v) is 7.09. The third-order valence-corrected chi connectivity index (χ3v) is 8.48. The molecule has 3 N–H and O–H groups in total. The minimum absolute atomic E-state index is 0.0221. The van der Waals surface area contributed by atoms with E-state index >= 15 is 0 Å². The molecule has 172 valence electrons. The molecule has 3 saturated carbocycles. The lowest BCUT2D eigenvalue weighted by atomic mass is 9.46. The van der Waals surface area contributed by atoms with E-state index in [9.17, 15) is 19.8 Å². The lowest BCUT2D eigenvalue weighted by Gasteiger charge is -2.59. The predicted molar refractivity (Wildman–Crippen MR) is 121 cm³/mol. The zero-order chi connectivity index (χ0) is 23.6. The lowest BCUT2D eigenvalue weighted by Crippen LogP contribution is -2.59. The van der Waals surface area contributed by atoms with Gasteiger partial charge in [-0.1, -0.05) is 39.3 Å². The zero-order valence-corrected chi connectivity index (χ0v) is 19.3. The van der Waals surface area contributed by atoms with Crippen molar-refractivity contribution in [1.82, 2.24) is 0 Å². The van der Waals surface area contributed by atoms with Gasteiger partial charge >= 0.3 is 0 Å². The molecule has 0 saturated heterocycles. The van der Waals surface area contributed by atoms with Crippen molar-refractivity contribution in [2.75, 3.05) is 6.61 Å². The van der Waals surface area contributed by atoms with Crippen LogP contribution in [0.3, 0.4) is 0 Å². The molecule has 0 spiro atoms. The van der Waals surface area contributed by atoms with E-state index in [0.717, 1.165) is 24.8 Å². The molecule has 0 radical (unpaired) electrons. The first kappa shape index (κ1) is 25.5. The molecular weight excluding hydrogens is 392 g/mol. The van der Waals surface area contributed by atoms with E-state index in [4.69, 9.17) is 5.11 Å². The molecule has 4 aliphatic carbocycles. The Bertz CT molecular complexity index is 780. The quantitative estimate of drug-likeness (QED) is 0.598. The van der Waals surface area contributed by atoms with E-state index in [-0.39, 0.29) is 41.2 Å². The average molecular weight is 431 g/mol. The number of ketones is 2. The summed E-state index contributed by atoms with van der Waals surface area (Å²) in [6.45, 7) is 7.59. The standard InChI is InChI=1S/C22H30O5.C2H6.C2H2/c1-20-7-5-14(24)9-13(20)3-4-16-17-6-8-22(27,10-15(25)12-23)21(17,2)11-18(26)19(16)20;2*1-2/h5,7,9,16-19,23,26-27H,3-4,6,8,10-12H2,1-2H3;1-2H3;1-2H/t16?,17?,18?,19?,20?,21?,22-;;/m0../s1. The van der Waals surface area contributed by atoms with Crippen molar-refractivity contribution in [2.24, 2.45) is 28.6 Å². The van der Waals surface area contributed by atoms with Crippen LogP contribution < -0.4 is 0 Å². The largest absolute Gasteiger partial charge is 0.393 e. The lowest BCUT2D eigenvalue weighted by molar-refractivity contribution is -0.170. The highest BCUT2D eigenvalue weighted by molar-refractivity contribution is 6.01. The zero-order valence-electron chi connectivity index (χ0n) is 19.3. The second-order valence-electron chi connectivity index (χ2n) is 9.66. The number of terminal acetylenes is 1. The summed E-state index contributed by atoms with van der Waals surface area (Å²) < 4.78 is 0. The van der Waals surface area contributed by atoms with Crippen molar-refractivity contribution < 1.29 is 24.9 Å². The summed E-state index contributed by atoms with van der Waals surface area (Å²) in [5.41, 5.74) is -0.912. The minimum Gasteiger partial charge on any atom is -0.393 e. The Morgan fingerprint density at radius 3 is 2.48 bits per heavy atom. The number of Topliss-reactive ketones (excluding diaryl/α,β-unsaturated/α-hetero) is 1. The number of fused-ring (bicyclic) bond motifs is 5. The molecule has 4 aliphatic rings. The molecule has 0 aliphatic heterocycles. The van der Waals surface area contributed by atoms with Gasteiger partial charge in [-0.15, -0.1) is 12.8 Å². The third-order valence-electron chi connectivity index (χ3n) is 8.48. The van der Waals surface area contributed by atoms with E-state index in [2.05, 4.69) is 19.8 Å². The highest BCUT2D eigenvalue weighted by atomic mass is 16.3. The van der Waals surface area contributed by atoms with Gasteiger partial charge < -0.3 is 15.3 Å². The molecule has 3 fully saturated rings. The molecule has 0 aromatic heterocycles. The van der Waals surface area contributed by atoms with Crippen molar-refractivity contribution in [3.05, 3.63) is 23.8 Å². The van der Waals surface area contributed by atoms with Gasteiger partial charge in [0.2, 0.25) is 0 Å². The van der Waals surface area contributed by atoms with Crippen LogP contribution in [0.5, 0.6) is 0 Å². The third kappa shape index (κ3) is 3.95. The van der Waals surface area contributed by atoms with Gasteiger partial charge in [0.15, 0.2) is 11.6 Å². The maximum absolute atomic E-state index is 11.9. The molecule has 0 aromatic rings. The molecule has 31 heavy (non-hydrogen) atoms. The Morgan fingerprint density at radius 1 is 1.23 bits per heavy atom. The highest BCUT2D eigenvalue weighted by Crippen LogP contribution is 2.67. The fraction of sp³-hybridized carbons (Fsp3) is 0.692. The van der Waals surface area contributed by atoms with Crippen molar-refractivity contribution in [1.29, 1.82) is 0 Å². The van der Waals surface area contributed by atoms with Gasteiger partial charge in [-0.25, -0.2) is 0 Å². The Hall–Kier alpha value is -1.74. The highest BCUT2D eigenvalue weighted by Gasteiger charge is 2.66. The summed E-state index contributed by atoms with van der Waals surface area (Å²) in [4.78, 5) is 23.7. The van der Waals surface area contributed by atoms with Gasteiger partial charge in [-0.2, -0.15) is 0 Å². The number of aliphatic hydroxyl groups excluding tert-OH is 2. The molecule has 7 atom stereocenters. The normalized spacial score (nSPS) is 42.5. The number of hydrogen-bond donors (Lipinski definition) is 3. The Morgan fingerprint density at radius 2 is 1.87 bits per heavy atom. The van der Waals surface area contributed by atoms with Gasteiger partial charge in [0.05, 0.1) is 11.7 Å². The fourth-order valence-electron chi connectivity index (χ4n) is 7.09. The van der Waals surface area contributed by atoms with Crippen molar-refractivity contribution >= 4 is 11.6 Å². The van der Waals surface area contributed by atoms with E-state index in [0.29, 0.717) is 12.8 Å². The van der Waals surface area contributed by atoms with Crippen molar-refractivity contribution in [3.63, 3.8) is 0 Å². The van der Waals surface area contributed by atoms with Crippen LogP contribution in [0.2, 0.25) is 0 Å². The molecule has 5 nitrogen and oxygen atoms in total. The summed E-state index contributed by atoms with van der Waals surface area (Å²) in [5.74, 6) is 0.180. The van der Waals surface area contributed by atoms with Gasteiger partial charge in [0.1, 0.15) is 6.61 Å². The molecule has 0 amide bonds. The second kappa shape index (κ2) is 9.40. The van der Waals surface area contributed by atoms with Crippen LogP contribution in [0.15, 0.2) is 23.8 Å². The summed E-state index contributed by atoms with van der Waals surface area (Å²) >= 11 is 0. The van der Waals surface area contributed by atoms with E-state index in [1.165, 1.54) is 0 Å². The summed E-state index contributed by atoms with van der Waals surface area (Å²) in [5, 5.41) is 31.8. The Labute approximate surface area is 186 Å². The van der Waals surface area contributed by atoms with Crippen LogP contribution >= 0.6 is 0 Å². The van der Waals surface area contributed by atoms with Crippen LogP contribution in [0.1, 0.15) is 66.2 Å². The Balaban J connectivity index is 0.000000807. The number of aliphatic hydroxyl groups is 3. The topological polar surface area (TPSA) is 94.8 Å². The number of hydrogen-bond acceptors (Lipinski definition) is 5. The average Bonchev–Trinajstić information content (AvgIpc) is 3.01. The van der Waals surface area contributed by atoms with Crippen LogP contribution in [-0.4, -0.2) is 45.2 Å². The predicted octanol–water partition coefficient (Wildman–Crippen LogP) is 3.22. The van der Waals surface area contributed by atoms with E-state index in [1.54, 1.807) is 12.2 Å². The minimum atomic E-state index is -1.17. The summed E-state index contributed by atoms with van der Waals surface area (Å²) in [6, 6.07) is 0. The number of carbonyl (C=O) groups excluding carboxylic acids is 2. The van der Waals surface area contributed by atoms with E-state index in [1.807, 2.05) is 26.8 Å². The van der Waals surface area contributed by atoms with Gasteiger partial charge in [0.25, 0.3) is 0 Å². The van der Waals surface area contributed by atoms with Crippen LogP contribution in [-0.2, 0) is 9.59 Å². The van der Waals surface area contributed by atoms with E-state index < -0.39 is 23.7 Å². The van der Waals surface area contributed by atoms with Gasteiger partial charge in [-0.05, 0) is 56.1 Å². The van der Waals surface area contributed by atoms with Crippen LogP contribution in [0, 0.1) is 41.4 Å². The SMILES string of the molecule is C#C.CC.CC12C=CC(=O)C=C1CCC1C2C(O)CC2(C)C1CC[C@]2(O)CC(=O)CO. The van der Waals surface area contributed by atoms with Gasteiger partial charge in [0, 0.05) is 23.2 Å². The molecule has 0 heterocycles. The molecular formula is C26H38O5. The Kier molecular flexibility index (Phi) is 7.74. The molecule has 0 aromatic carbocycles.